The molecule has 0 aliphatic carbocycles. The smallest absolute Gasteiger partial charge is 0.469 e. The molecule has 2 aromatic rings. The Hall–Kier alpha value is -2.31. The van der Waals surface area contributed by atoms with E-state index in [0.29, 0.717) is 23.0 Å². The van der Waals surface area contributed by atoms with Gasteiger partial charge in [-0.25, -0.2) is 0 Å². The van der Waals surface area contributed by atoms with E-state index in [0.717, 1.165) is 5.56 Å². The molecule has 0 aliphatic rings. The number of esters is 1. The van der Waals surface area contributed by atoms with Gasteiger partial charge in [-0.3, -0.25) is 9.78 Å². The Bertz CT molecular complexity index is 698. The number of ether oxygens (including phenoxy) is 2. The number of hydrogen-bond acceptors (Lipinski definition) is 4. The van der Waals surface area contributed by atoms with E-state index in [1.54, 1.807) is 13.0 Å². The van der Waals surface area contributed by atoms with Gasteiger partial charge in [0.25, 0.3) is 0 Å². The van der Waals surface area contributed by atoms with Crippen LogP contribution in [-0.2, 0) is 16.0 Å². The van der Waals surface area contributed by atoms with Gasteiger partial charge in [0.15, 0.2) is 0 Å². The van der Waals surface area contributed by atoms with Crippen molar-refractivity contribution in [1.82, 2.24) is 4.98 Å². The predicted octanol–water partition coefficient (Wildman–Crippen LogP) is 3.55. The first-order chi connectivity index (χ1) is 10.3. The second-order valence-electron chi connectivity index (χ2n) is 4.73. The molecular weight excluding hydrogens is 299 g/mol. The molecule has 1 aromatic carbocycles. The Balaban J connectivity index is 2.28. The number of fused-ring (bicyclic) bond motifs is 1. The second-order valence-corrected chi connectivity index (χ2v) is 4.73. The molecule has 0 saturated heterocycles. The van der Waals surface area contributed by atoms with Crippen molar-refractivity contribution in [2.24, 2.45) is 0 Å². The third kappa shape index (κ3) is 4.09. The first kappa shape index (κ1) is 16.1. The number of halogens is 3. The number of hydrogen-bond donors (Lipinski definition) is 0. The zero-order valence-corrected chi connectivity index (χ0v) is 12.0. The van der Waals surface area contributed by atoms with Crippen LogP contribution in [0.1, 0.15) is 17.7 Å². The number of rotatable bonds is 4. The van der Waals surface area contributed by atoms with Crippen LogP contribution in [0.4, 0.5) is 13.2 Å². The first-order valence-corrected chi connectivity index (χ1v) is 6.51. The normalized spacial score (nSPS) is 11.5. The monoisotopic (exact) mass is 313 g/mol. The summed E-state index contributed by atoms with van der Waals surface area (Å²) in [7, 11) is 1.31. The maximum absolute atomic E-state index is 12.2. The van der Waals surface area contributed by atoms with E-state index in [1.807, 2.05) is 0 Å². The van der Waals surface area contributed by atoms with Crippen LogP contribution in [0.25, 0.3) is 10.9 Å². The molecule has 118 valence electrons. The van der Waals surface area contributed by atoms with Crippen molar-refractivity contribution >= 4 is 16.9 Å². The Kier molecular flexibility index (Phi) is 4.54. The van der Waals surface area contributed by atoms with Gasteiger partial charge >= 0.3 is 12.3 Å². The predicted molar refractivity (Wildman–Crippen MR) is 73.5 cm³/mol. The fourth-order valence-corrected chi connectivity index (χ4v) is 2.10. The van der Waals surface area contributed by atoms with Gasteiger partial charge < -0.3 is 9.47 Å². The highest BCUT2D eigenvalue weighted by Gasteiger charge is 2.31. The van der Waals surface area contributed by atoms with E-state index in [2.05, 4.69) is 14.5 Å². The molecule has 0 amide bonds. The molecule has 22 heavy (non-hydrogen) atoms. The van der Waals surface area contributed by atoms with Crippen molar-refractivity contribution in [2.45, 2.75) is 26.1 Å². The lowest BCUT2D eigenvalue weighted by Gasteiger charge is -2.11. The van der Waals surface area contributed by atoms with Gasteiger partial charge in [0.2, 0.25) is 0 Å². The van der Waals surface area contributed by atoms with Crippen LogP contribution in [0.5, 0.6) is 5.75 Å². The molecule has 0 N–H and O–H groups in total. The van der Waals surface area contributed by atoms with Gasteiger partial charge in [-0.15, -0.1) is 13.2 Å². The number of carbonyl (C=O) groups is 1. The minimum atomic E-state index is -4.73. The topological polar surface area (TPSA) is 48.4 Å². The molecule has 0 saturated carbocycles. The highest BCUT2D eigenvalue weighted by Crippen LogP contribution is 2.27. The quantitative estimate of drug-likeness (QED) is 0.810. The summed E-state index contributed by atoms with van der Waals surface area (Å²) in [6, 6.07) is 5.72. The van der Waals surface area contributed by atoms with Crippen molar-refractivity contribution in [3.63, 3.8) is 0 Å². The average Bonchev–Trinajstić information content (AvgIpc) is 2.43. The number of nitrogens with zero attached hydrogens (tertiary/aromatic N) is 1. The summed E-state index contributed by atoms with van der Waals surface area (Å²) in [6.07, 6.45) is -4.12. The Morgan fingerprint density at radius 1 is 1.27 bits per heavy atom. The lowest BCUT2D eigenvalue weighted by molar-refractivity contribution is -0.274. The van der Waals surface area contributed by atoms with Crippen molar-refractivity contribution < 1.29 is 27.4 Å². The molecule has 0 atom stereocenters. The van der Waals surface area contributed by atoms with Gasteiger partial charge in [-0.2, -0.15) is 0 Å². The van der Waals surface area contributed by atoms with Crippen molar-refractivity contribution in [1.29, 1.82) is 0 Å². The molecule has 2 rings (SSSR count). The highest BCUT2D eigenvalue weighted by atomic mass is 19.4. The van der Waals surface area contributed by atoms with Gasteiger partial charge in [0.1, 0.15) is 5.75 Å². The van der Waals surface area contributed by atoms with Gasteiger partial charge in [0.05, 0.1) is 19.0 Å². The molecule has 1 aromatic heterocycles. The lowest BCUT2D eigenvalue weighted by atomic mass is 10.1. The molecule has 0 spiro atoms. The SMILES string of the molecule is COC(=O)CCc1cc(C)c2cc(OC(F)(F)F)ccc2n1. The first-order valence-electron chi connectivity index (χ1n) is 6.51. The van der Waals surface area contributed by atoms with Gasteiger partial charge in [0, 0.05) is 17.5 Å². The maximum Gasteiger partial charge on any atom is 0.573 e. The lowest BCUT2D eigenvalue weighted by Crippen LogP contribution is -2.17. The second kappa shape index (κ2) is 6.21. The van der Waals surface area contributed by atoms with Gasteiger partial charge in [-0.1, -0.05) is 0 Å². The van der Waals surface area contributed by atoms with E-state index < -0.39 is 6.36 Å². The maximum atomic E-state index is 12.2. The van der Waals surface area contributed by atoms with Crippen LogP contribution in [0.15, 0.2) is 24.3 Å². The van der Waals surface area contributed by atoms with Crippen LogP contribution in [0.3, 0.4) is 0 Å². The van der Waals surface area contributed by atoms with Crippen LogP contribution in [0.2, 0.25) is 0 Å². The molecule has 7 heteroatoms. The molecule has 0 bridgehead atoms. The Labute approximate surface area is 124 Å². The molecule has 0 aliphatic heterocycles. The van der Waals surface area contributed by atoms with Gasteiger partial charge in [-0.05, 0) is 36.8 Å². The largest absolute Gasteiger partial charge is 0.573 e. The molecule has 1 heterocycles. The van der Waals surface area contributed by atoms with Crippen molar-refractivity contribution in [2.75, 3.05) is 7.11 Å². The summed E-state index contributed by atoms with van der Waals surface area (Å²) in [5, 5.41) is 0.573. The minimum absolute atomic E-state index is 0.198. The van der Waals surface area contributed by atoms with Crippen LogP contribution >= 0.6 is 0 Å². The van der Waals surface area contributed by atoms with E-state index in [9.17, 15) is 18.0 Å². The van der Waals surface area contributed by atoms with Crippen molar-refractivity contribution in [3.05, 3.63) is 35.5 Å². The van der Waals surface area contributed by atoms with E-state index >= 15 is 0 Å². The van der Waals surface area contributed by atoms with E-state index in [-0.39, 0.29) is 18.1 Å². The average molecular weight is 313 g/mol. The standard InChI is InChI=1S/C15H14F3NO3/c1-9-7-10(3-6-14(20)21-2)19-13-5-4-11(8-12(9)13)22-15(16,17)18/h4-5,7-8H,3,6H2,1-2H3. The summed E-state index contributed by atoms with van der Waals surface area (Å²) in [5.41, 5.74) is 1.99. The summed E-state index contributed by atoms with van der Waals surface area (Å²) in [4.78, 5) is 15.5. The third-order valence-corrected chi connectivity index (χ3v) is 3.09. The highest BCUT2D eigenvalue weighted by molar-refractivity contribution is 5.83. The van der Waals surface area contributed by atoms with Crippen LogP contribution in [-0.4, -0.2) is 24.4 Å². The molecule has 0 radical (unpaired) electrons. The molecule has 0 fully saturated rings. The molecule has 0 unspecified atom stereocenters. The molecular formula is C15H14F3NO3. The number of alkyl halides is 3. The number of pyridine rings is 1. The fourth-order valence-electron chi connectivity index (χ4n) is 2.10. The van der Waals surface area contributed by atoms with E-state index in [4.69, 9.17) is 0 Å². The summed E-state index contributed by atoms with van der Waals surface area (Å²) < 4.78 is 45.2. The number of carbonyl (C=O) groups excluding carboxylic acids is 1. The number of benzene rings is 1. The number of aromatic nitrogens is 1. The van der Waals surface area contributed by atoms with E-state index in [1.165, 1.54) is 25.3 Å². The number of aryl methyl sites for hydroxylation is 2. The summed E-state index contributed by atoms with van der Waals surface area (Å²) in [6.45, 7) is 1.77. The Morgan fingerprint density at radius 3 is 2.64 bits per heavy atom. The minimum Gasteiger partial charge on any atom is -0.469 e. The number of methoxy groups -OCH3 is 1. The summed E-state index contributed by atoms with van der Waals surface area (Å²) in [5.74, 6) is -0.624. The Morgan fingerprint density at radius 2 is 2.00 bits per heavy atom. The molecule has 4 nitrogen and oxygen atoms in total. The zero-order valence-electron chi connectivity index (χ0n) is 12.0. The van der Waals surface area contributed by atoms with Crippen molar-refractivity contribution in [3.8, 4) is 5.75 Å². The van der Waals surface area contributed by atoms with Crippen LogP contribution in [0, 0.1) is 6.92 Å². The third-order valence-electron chi connectivity index (χ3n) is 3.09. The zero-order chi connectivity index (χ0) is 16.3. The van der Waals surface area contributed by atoms with Crippen LogP contribution < -0.4 is 4.74 Å². The fraction of sp³-hybridized carbons (Fsp3) is 0.333. The summed E-state index contributed by atoms with van der Waals surface area (Å²) >= 11 is 0.